The third-order valence-electron chi connectivity index (χ3n) is 7.05. The predicted molar refractivity (Wildman–Crippen MR) is 120 cm³/mol. The van der Waals surface area contributed by atoms with Crippen LogP contribution in [0.4, 0.5) is 26.3 Å². The van der Waals surface area contributed by atoms with E-state index < -0.39 is 47.5 Å². The van der Waals surface area contributed by atoms with Gasteiger partial charge in [-0.15, -0.1) is 0 Å². The van der Waals surface area contributed by atoms with Crippen molar-refractivity contribution in [2.24, 2.45) is 0 Å². The van der Waals surface area contributed by atoms with Gasteiger partial charge in [-0.1, -0.05) is 0 Å². The van der Waals surface area contributed by atoms with Crippen molar-refractivity contribution in [2.75, 3.05) is 39.3 Å². The van der Waals surface area contributed by atoms with E-state index in [1.165, 1.54) is 6.92 Å². The van der Waals surface area contributed by atoms with Gasteiger partial charge in [0.1, 0.15) is 18.2 Å². The van der Waals surface area contributed by atoms with Crippen molar-refractivity contribution in [1.82, 2.24) is 30.6 Å². The normalized spacial score (nSPS) is 27.1. The van der Waals surface area contributed by atoms with Crippen LogP contribution in [0.25, 0.3) is 0 Å². The van der Waals surface area contributed by atoms with Gasteiger partial charge in [-0.05, 0) is 19.8 Å². The van der Waals surface area contributed by atoms with Crippen LogP contribution in [-0.2, 0) is 15.7 Å². The van der Waals surface area contributed by atoms with Crippen LogP contribution in [0.2, 0.25) is 0 Å². The third-order valence-corrected chi connectivity index (χ3v) is 7.05. The van der Waals surface area contributed by atoms with E-state index in [0.717, 1.165) is 6.20 Å². The van der Waals surface area contributed by atoms with Crippen LogP contribution in [0.15, 0.2) is 11.0 Å². The molecule has 3 N–H and O–H groups in total. The molecule has 3 aliphatic rings. The lowest BCUT2D eigenvalue weighted by atomic mass is 10.0. The monoisotopic (exact) mass is 556 g/mol. The van der Waals surface area contributed by atoms with E-state index in [1.54, 1.807) is 10.00 Å². The average molecular weight is 557 g/mol. The lowest BCUT2D eigenvalue weighted by molar-refractivity contribution is -0.160. The van der Waals surface area contributed by atoms with E-state index >= 15 is 0 Å². The number of ether oxygens (including phenoxy) is 2. The molecule has 2 unspecified atom stereocenters. The zero-order chi connectivity index (χ0) is 27.7. The number of likely N-dealkylation sites (tertiary alicyclic amines) is 2. The summed E-state index contributed by atoms with van der Waals surface area (Å²) < 4.78 is 89.0. The smallest absolute Gasteiger partial charge is 0.425 e. The second-order valence-electron chi connectivity index (χ2n) is 9.70. The summed E-state index contributed by atoms with van der Waals surface area (Å²) in [6.45, 7) is 2.96. The van der Waals surface area contributed by atoms with E-state index in [2.05, 4.69) is 20.6 Å². The topological polar surface area (TPSA) is 112 Å². The number of piperazine rings is 1. The fourth-order valence-corrected chi connectivity index (χ4v) is 5.09. The van der Waals surface area contributed by atoms with Crippen molar-refractivity contribution in [2.45, 2.75) is 69.0 Å². The fraction of sp³-hybridized carbons (Fsp3) is 0.773. The van der Waals surface area contributed by atoms with E-state index in [-0.39, 0.29) is 37.8 Å². The van der Waals surface area contributed by atoms with Gasteiger partial charge in [-0.2, -0.15) is 31.4 Å². The van der Waals surface area contributed by atoms with Crippen LogP contribution in [0.3, 0.4) is 0 Å². The molecule has 3 aliphatic heterocycles. The number of aromatic nitrogens is 2. The number of hydrogen-bond acceptors (Lipinski definition) is 8. The number of nitrogens with zero attached hydrogens (tertiary/aromatic N) is 3. The third kappa shape index (κ3) is 6.58. The molecule has 0 saturated carbocycles. The number of piperidine rings is 1. The summed E-state index contributed by atoms with van der Waals surface area (Å²) in [5.74, 6) is -0.935. The van der Waals surface area contributed by atoms with Crippen LogP contribution in [-0.4, -0.2) is 102 Å². The second-order valence-corrected chi connectivity index (χ2v) is 9.70. The summed E-state index contributed by atoms with van der Waals surface area (Å²) in [4.78, 5) is 28.3. The summed E-state index contributed by atoms with van der Waals surface area (Å²) in [7, 11) is 0. The highest BCUT2D eigenvalue weighted by Crippen LogP contribution is 2.33. The summed E-state index contributed by atoms with van der Waals surface area (Å²) in [6, 6.07) is -1.60. The number of halogens is 6. The quantitative estimate of drug-likeness (QED) is 0.428. The maximum Gasteiger partial charge on any atom is 0.425 e. The highest BCUT2D eigenvalue weighted by atomic mass is 19.4. The molecule has 16 heteroatoms. The van der Waals surface area contributed by atoms with Gasteiger partial charge in [0.05, 0.1) is 19.0 Å². The average Bonchev–Trinajstić information content (AvgIpc) is 3.21. The molecule has 3 saturated heterocycles. The van der Waals surface area contributed by atoms with Crippen LogP contribution in [0.5, 0.6) is 5.75 Å². The van der Waals surface area contributed by atoms with Crippen LogP contribution >= 0.6 is 0 Å². The number of hydrogen-bond donors (Lipinski definition) is 3. The van der Waals surface area contributed by atoms with Crippen LogP contribution in [0.1, 0.15) is 31.7 Å². The summed E-state index contributed by atoms with van der Waals surface area (Å²) >= 11 is 0. The van der Waals surface area contributed by atoms with Gasteiger partial charge < -0.3 is 19.7 Å². The molecular formula is C22H30F6N6O4. The number of rotatable bonds is 7. The minimum atomic E-state index is -4.93. The molecule has 4 atom stereocenters. The van der Waals surface area contributed by atoms with Gasteiger partial charge in [0.2, 0.25) is 0 Å². The maximum atomic E-state index is 13.2. The zero-order valence-electron chi connectivity index (χ0n) is 20.6. The second kappa shape index (κ2) is 11.4. The van der Waals surface area contributed by atoms with Crippen molar-refractivity contribution in [3.05, 3.63) is 22.1 Å². The molecule has 38 heavy (non-hydrogen) atoms. The first-order chi connectivity index (χ1) is 17.8. The Morgan fingerprint density at radius 1 is 1.05 bits per heavy atom. The first kappa shape index (κ1) is 28.6. The SMILES string of the molecule is C[C@@H](CO[C@H]1CCN(C2CCN(C3CNC(C(F)(F)F)CN3)CC2)C1=O)Oc1cn[nH]c(=O)c1C(F)(F)F. The minimum Gasteiger partial charge on any atom is -0.486 e. The van der Waals surface area contributed by atoms with Gasteiger partial charge >= 0.3 is 12.4 Å². The van der Waals surface area contributed by atoms with Crippen molar-refractivity contribution >= 4 is 5.91 Å². The molecule has 0 spiro atoms. The number of alkyl halides is 6. The molecular weight excluding hydrogens is 526 g/mol. The van der Waals surface area contributed by atoms with Gasteiger partial charge in [-0.25, -0.2) is 5.10 Å². The highest BCUT2D eigenvalue weighted by Gasteiger charge is 2.44. The van der Waals surface area contributed by atoms with Crippen LogP contribution < -0.4 is 20.9 Å². The molecule has 0 bridgehead atoms. The molecule has 1 aromatic rings. The van der Waals surface area contributed by atoms with Crippen molar-refractivity contribution < 1.29 is 40.6 Å². The molecule has 4 heterocycles. The van der Waals surface area contributed by atoms with E-state index in [1.807, 2.05) is 0 Å². The van der Waals surface area contributed by atoms with Crippen molar-refractivity contribution in [1.29, 1.82) is 0 Å². The van der Waals surface area contributed by atoms with E-state index in [0.29, 0.717) is 38.9 Å². The van der Waals surface area contributed by atoms with E-state index in [9.17, 15) is 35.9 Å². The first-order valence-electron chi connectivity index (χ1n) is 12.4. The van der Waals surface area contributed by atoms with Crippen molar-refractivity contribution in [3.63, 3.8) is 0 Å². The Hall–Kier alpha value is -2.43. The minimum absolute atomic E-state index is 0.0306. The number of carbonyl (C=O) groups is 1. The molecule has 1 amide bonds. The highest BCUT2D eigenvalue weighted by molar-refractivity contribution is 5.83. The molecule has 3 fully saturated rings. The molecule has 10 nitrogen and oxygen atoms in total. The number of nitrogens with one attached hydrogen (secondary N) is 3. The fourth-order valence-electron chi connectivity index (χ4n) is 5.09. The number of aromatic amines is 1. The van der Waals surface area contributed by atoms with E-state index in [4.69, 9.17) is 9.47 Å². The number of carbonyl (C=O) groups excluding carboxylic acids is 1. The van der Waals surface area contributed by atoms with Gasteiger partial charge in [-0.3, -0.25) is 19.8 Å². The van der Waals surface area contributed by atoms with Gasteiger partial charge in [0, 0.05) is 45.2 Å². The molecule has 0 radical (unpaired) electrons. The van der Waals surface area contributed by atoms with Gasteiger partial charge in [0.15, 0.2) is 11.3 Å². The number of H-pyrrole nitrogens is 1. The zero-order valence-corrected chi connectivity index (χ0v) is 20.6. The largest absolute Gasteiger partial charge is 0.486 e. The lowest BCUT2D eigenvalue weighted by Crippen LogP contribution is -2.65. The summed E-state index contributed by atoms with van der Waals surface area (Å²) in [6.07, 6.45) is -8.59. The Kier molecular flexibility index (Phi) is 8.54. The molecule has 0 aromatic carbocycles. The molecule has 4 rings (SSSR count). The van der Waals surface area contributed by atoms with Gasteiger partial charge in [0.25, 0.3) is 11.5 Å². The maximum absolute atomic E-state index is 13.2. The van der Waals surface area contributed by atoms with Crippen LogP contribution in [0, 0.1) is 0 Å². The first-order valence-corrected chi connectivity index (χ1v) is 12.4. The Bertz CT molecular complexity index is 1020. The summed E-state index contributed by atoms with van der Waals surface area (Å²) in [5, 5.41) is 10.6. The molecule has 1 aromatic heterocycles. The Labute approximate surface area is 214 Å². The predicted octanol–water partition coefficient (Wildman–Crippen LogP) is 1.09. The Morgan fingerprint density at radius 2 is 1.76 bits per heavy atom. The molecule has 214 valence electrons. The standard InChI is InChI=1S/C22H30F6N6O4/c1-12(38-15-8-31-32-19(35)18(15)22(26,27)28)11-37-14-4-7-34(20(14)36)13-2-5-33(6-3-13)17-10-29-16(9-30-17)21(23,24)25/h8,12-14,16-17,29-30H,2-7,9-11H2,1H3,(H,32,35)/t12-,14-,16?,17?/m0/s1. The lowest BCUT2D eigenvalue weighted by Gasteiger charge is -2.43. The van der Waals surface area contributed by atoms with Crippen molar-refractivity contribution in [3.8, 4) is 5.75 Å². The number of amides is 1. The summed E-state index contributed by atoms with van der Waals surface area (Å²) in [5.41, 5.74) is -2.91. The molecule has 0 aliphatic carbocycles. The Balaban J connectivity index is 1.22. The Morgan fingerprint density at radius 3 is 2.37 bits per heavy atom.